The summed E-state index contributed by atoms with van der Waals surface area (Å²) in [6.45, 7) is 3.63. The second-order valence-corrected chi connectivity index (χ2v) is 13.5. The van der Waals surface area contributed by atoms with Gasteiger partial charge in [-0.2, -0.15) is 0 Å². The molecule has 0 spiro atoms. The van der Waals surface area contributed by atoms with E-state index in [1.165, 1.54) is 77.0 Å². The topological polar surface area (TPSA) is 119 Å². The van der Waals surface area contributed by atoms with Gasteiger partial charge in [0, 0.05) is 12.8 Å². The molecule has 0 aromatic heterocycles. The summed E-state index contributed by atoms with van der Waals surface area (Å²) in [6, 6.07) is 0. The van der Waals surface area contributed by atoms with Crippen LogP contribution >= 0.6 is 7.82 Å². The van der Waals surface area contributed by atoms with Crippen LogP contribution in [0.4, 0.5) is 0 Å². The van der Waals surface area contributed by atoms with Crippen LogP contribution in [0.5, 0.6) is 0 Å². The molecular weight excluding hydrogens is 591 g/mol. The van der Waals surface area contributed by atoms with E-state index in [4.69, 9.17) is 19.3 Å². The summed E-state index contributed by atoms with van der Waals surface area (Å²) in [7, 11) is -4.75. The van der Waals surface area contributed by atoms with E-state index in [1.54, 1.807) is 0 Å². The molecule has 0 aliphatic rings. The lowest BCUT2D eigenvalue weighted by Crippen LogP contribution is -2.29. The number of carbonyl (C=O) groups excluding carboxylic acids is 2. The Morgan fingerprint density at radius 3 is 1.44 bits per heavy atom. The van der Waals surface area contributed by atoms with E-state index in [0.717, 1.165) is 57.8 Å². The highest BCUT2D eigenvalue weighted by Crippen LogP contribution is 2.36. The molecule has 0 aliphatic heterocycles. The third kappa shape index (κ3) is 35.2. The van der Waals surface area contributed by atoms with Gasteiger partial charge in [-0.15, -0.1) is 0 Å². The average molecular weight is 659 g/mol. The van der Waals surface area contributed by atoms with Gasteiger partial charge in [-0.25, -0.2) is 4.57 Å². The highest BCUT2D eigenvalue weighted by molar-refractivity contribution is 7.46. The minimum atomic E-state index is -4.75. The second kappa shape index (κ2) is 32.5. The van der Waals surface area contributed by atoms with E-state index < -0.39 is 32.5 Å². The summed E-state index contributed by atoms with van der Waals surface area (Å²) in [5.41, 5.74) is 0. The smallest absolute Gasteiger partial charge is 0.462 e. The van der Waals surface area contributed by atoms with Gasteiger partial charge in [-0.1, -0.05) is 147 Å². The predicted octanol–water partition coefficient (Wildman–Crippen LogP) is 10.5. The van der Waals surface area contributed by atoms with E-state index in [-0.39, 0.29) is 19.4 Å². The van der Waals surface area contributed by atoms with Crippen molar-refractivity contribution >= 4 is 19.8 Å². The third-order valence-corrected chi connectivity index (χ3v) is 8.24. The number of allylic oxidation sites excluding steroid dienone is 4. The Morgan fingerprint density at radius 1 is 0.578 bits per heavy atom. The van der Waals surface area contributed by atoms with Crippen LogP contribution in [0.1, 0.15) is 174 Å². The van der Waals surface area contributed by atoms with Crippen LogP contribution in [0, 0.1) is 0 Å². The molecule has 0 fully saturated rings. The summed E-state index contributed by atoms with van der Waals surface area (Å²) in [5.74, 6) is -0.900. The van der Waals surface area contributed by atoms with Crippen molar-refractivity contribution in [3.8, 4) is 0 Å². The molecule has 0 rings (SSSR count). The fourth-order valence-corrected chi connectivity index (χ4v) is 5.37. The van der Waals surface area contributed by atoms with Gasteiger partial charge >= 0.3 is 19.8 Å². The quantitative estimate of drug-likeness (QED) is 0.0309. The first kappa shape index (κ1) is 43.5. The Bertz CT molecular complexity index is 792. The first-order valence-corrected chi connectivity index (χ1v) is 19.7. The maximum Gasteiger partial charge on any atom is 0.469 e. The zero-order chi connectivity index (χ0) is 33.3. The first-order chi connectivity index (χ1) is 21.8. The van der Waals surface area contributed by atoms with Crippen LogP contribution in [0.2, 0.25) is 0 Å². The number of esters is 2. The molecule has 0 unspecified atom stereocenters. The Hall–Kier alpha value is -1.47. The normalized spacial score (nSPS) is 12.7. The molecule has 0 aliphatic carbocycles. The van der Waals surface area contributed by atoms with Crippen LogP contribution in [-0.2, 0) is 28.2 Å². The standard InChI is InChI=1S/C36H67O8P/c1-3-5-7-9-11-13-15-17-18-19-21-22-24-26-28-30-35(37)42-32-34(33-43-45(39,40)41)44-36(38)31-29-27-25-23-20-16-14-12-10-8-6-4-2/h13,15,17-18,34H,3-12,14,16,19-33H2,1-2H3,(H2,39,40,41)/b15-13+,18-17+/t34-/m1/s1. The number of hydrogen-bond donors (Lipinski definition) is 2. The number of phosphoric ester groups is 1. The molecule has 0 aromatic carbocycles. The van der Waals surface area contributed by atoms with E-state index >= 15 is 0 Å². The molecule has 45 heavy (non-hydrogen) atoms. The van der Waals surface area contributed by atoms with E-state index in [1.807, 2.05) is 0 Å². The number of hydrogen-bond acceptors (Lipinski definition) is 6. The molecule has 0 amide bonds. The highest BCUT2D eigenvalue weighted by atomic mass is 31.2. The fraction of sp³-hybridized carbons (Fsp3) is 0.833. The average Bonchev–Trinajstić information content (AvgIpc) is 3.00. The van der Waals surface area contributed by atoms with Gasteiger partial charge in [0.1, 0.15) is 6.61 Å². The van der Waals surface area contributed by atoms with Crippen LogP contribution < -0.4 is 0 Å². The van der Waals surface area contributed by atoms with Gasteiger partial charge in [0.25, 0.3) is 0 Å². The molecule has 1 atom stereocenters. The van der Waals surface area contributed by atoms with Crippen molar-refractivity contribution < 1.29 is 37.9 Å². The van der Waals surface area contributed by atoms with Crippen molar-refractivity contribution in [2.24, 2.45) is 0 Å². The maximum absolute atomic E-state index is 12.3. The summed E-state index contributed by atoms with van der Waals surface area (Å²) in [6.07, 6.45) is 34.7. The number of unbranched alkanes of at least 4 members (excludes halogenated alkanes) is 20. The van der Waals surface area contributed by atoms with Gasteiger partial charge in [0.2, 0.25) is 0 Å². The molecule has 0 heterocycles. The van der Waals surface area contributed by atoms with Crippen molar-refractivity contribution in [1.82, 2.24) is 0 Å². The molecule has 9 heteroatoms. The Kier molecular flexibility index (Phi) is 31.4. The number of phosphoric acid groups is 1. The van der Waals surface area contributed by atoms with Crippen molar-refractivity contribution in [1.29, 1.82) is 0 Å². The van der Waals surface area contributed by atoms with Crippen molar-refractivity contribution in [3.05, 3.63) is 24.3 Å². The molecule has 0 aromatic rings. The second-order valence-electron chi connectivity index (χ2n) is 12.2. The maximum atomic E-state index is 12.3. The summed E-state index contributed by atoms with van der Waals surface area (Å²) in [5, 5.41) is 0. The Morgan fingerprint density at radius 2 is 0.978 bits per heavy atom. The monoisotopic (exact) mass is 658 g/mol. The van der Waals surface area contributed by atoms with E-state index in [2.05, 4.69) is 42.7 Å². The third-order valence-electron chi connectivity index (χ3n) is 7.75. The first-order valence-electron chi connectivity index (χ1n) is 18.1. The fourth-order valence-electron chi connectivity index (χ4n) is 5.01. The number of rotatable bonds is 33. The number of carbonyl (C=O) groups is 2. The zero-order valence-electron chi connectivity index (χ0n) is 28.8. The molecule has 0 saturated heterocycles. The SMILES string of the molecule is CCCCCC/C=C/C=C/CCCCCCCC(=O)OC[C@H](COP(=O)(O)O)OC(=O)CCCCCCCCCCCCCC. The predicted molar refractivity (Wildman–Crippen MR) is 184 cm³/mol. The van der Waals surface area contributed by atoms with Gasteiger partial charge in [-0.3, -0.25) is 14.1 Å². The highest BCUT2D eigenvalue weighted by Gasteiger charge is 2.22. The molecule has 8 nitrogen and oxygen atoms in total. The molecule has 264 valence electrons. The van der Waals surface area contributed by atoms with Gasteiger partial charge < -0.3 is 19.3 Å². The molecule has 0 saturated carbocycles. The Balaban J connectivity index is 4.00. The molecule has 0 radical (unpaired) electrons. The lowest BCUT2D eigenvalue weighted by Gasteiger charge is -2.18. The largest absolute Gasteiger partial charge is 0.469 e. The summed E-state index contributed by atoms with van der Waals surface area (Å²) < 4.78 is 26.2. The van der Waals surface area contributed by atoms with Crippen molar-refractivity contribution in [2.75, 3.05) is 13.2 Å². The molecule has 0 bridgehead atoms. The van der Waals surface area contributed by atoms with E-state index in [9.17, 15) is 14.2 Å². The lowest BCUT2D eigenvalue weighted by atomic mass is 10.0. The molecule has 2 N–H and O–H groups in total. The number of ether oxygens (including phenoxy) is 2. The van der Waals surface area contributed by atoms with Crippen LogP contribution in [-0.4, -0.2) is 41.0 Å². The lowest BCUT2D eigenvalue weighted by molar-refractivity contribution is -0.161. The van der Waals surface area contributed by atoms with Crippen LogP contribution in [0.3, 0.4) is 0 Å². The minimum Gasteiger partial charge on any atom is -0.462 e. The van der Waals surface area contributed by atoms with E-state index in [0.29, 0.717) is 12.8 Å². The zero-order valence-corrected chi connectivity index (χ0v) is 29.7. The minimum absolute atomic E-state index is 0.212. The van der Waals surface area contributed by atoms with Gasteiger partial charge in [0.15, 0.2) is 6.10 Å². The van der Waals surface area contributed by atoms with Crippen LogP contribution in [0.25, 0.3) is 0 Å². The van der Waals surface area contributed by atoms with Gasteiger partial charge in [-0.05, 0) is 38.5 Å². The summed E-state index contributed by atoms with van der Waals surface area (Å²) >= 11 is 0. The van der Waals surface area contributed by atoms with Crippen molar-refractivity contribution in [2.45, 2.75) is 180 Å². The van der Waals surface area contributed by atoms with Crippen LogP contribution in [0.15, 0.2) is 24.3 Å². The van der Waals surface area contributed by atoms with Gasteiger partial charge in [0.05, 0.1) is 6.61 Å². The molecular formula is C36H67O8P. The summed E-state index contributed by atoms with van der Waals surface area (Å²) in [4.78, 5) is 42.6. The Labute approximate surface area is 275 Å². The van der Waals surface area contributed by atoms with Crippen molar-refractivity contribution in [3.63, 3.8) is 0 Å².